The summed E-state index contributed by atoms with van der Waals surface area (Å²) in [5.41, 5.74) is -0.204. The molecule has 5 amide bonds. The summed E-state index contributed by atoms with van der Waals surface area (Å²) in [6.07, 6.45) is 4.05. The van der Waals surface area contributed by atoms with Gasteiger partial charge in [0.1, 0.15) is 25.3 Å². The Labute approximate surface area is 208 Å². The topological polar surface area (TPSA) is 126 Å². The summed E-state index contributed by atoms with van der Waals surface area (Å²) in [7, 11) is 0. The van der Waals surface area contributed by atoms with E-state index in [0.29, 0.717) is 41.5 Å². The van der Waals surface area contributed by atoms with Crippen LogP contribution in [0.4, 0.5) is 10.5 Å². The number of ether oxygens (including phenoxy) is 2. The molecule has 1 atom stereocenters. The summed E-state index contributed by atoms with van der Waals surface area (Å²) in [5.74, 6) is -0.362. The van der Waals surface area contributed by atoms with E-state index in [1.54, 1.807) is 49.4 Å². The molecule has 0 bridgehead atoms. The van der Waals surface area contributed by atoms with Crippen LogP contribution in [0.5, 0.6) is 11.5 Å². The number of nitrogens with zero attached hydrogens (tertiary/aromatic N) is 1. The summed E-state index contributed by atoms with van der Waals surface area (Å²) < 4.78 is 11.1. The summed E-state index contributed by atoms with van der Waals surface area (Å²) >= 11 is 0. The van der Waals surface area contributed by atoms with Crippen molar-refractivity contribution in [2.45, 2.75) is 44.2 Å². The molecule has 188 valence electrons. The maximum Gasteiger partial charge on any atom is 0.325 e. The molecule has 0 radical (unpaired) electrons. The fourth-order valence-corrected chi connectivity index (χ4v) is 4.85. The number of hydrogen-bond acceptors (Lipinski definition) is 6. The third-order valence-corrected chi connectivity index (χ3v) is 6.83. The van der Waals surface area contributed by atoms with E-state index < -0.39 is 29.9 Å². The highest BCUT2D eigenvalue weighted by atomic mass is 16.6. The molecule has 1 saturated heterocycles. The molecule has 1 aliphatic carbocycles. The van der Waals surface area contributed by atoms with Gasteiger partial charge in [0.25, 0.3) is 11.8 Å². The van der Waals surface area contributed by atoms with E-state index in [4.69, 9.17) is 9.47 Å². The average Bonchev–Trinajstić information content (AvgIpc) is 3.46. The second-order valence-electron chi connectivity index (χ2n) is 9.35. The number of amides is 5. The fourth-order valence-electron chi connectivity index (χ4n) is 4.85. The second kappa shape index (κ2) is 9.52. The quantitative estimate of drug-likeness (QED) is 0.532. The SMILES string of the molecule is CC1(c2ccc3c(c2)OCCO3)NC(=O)N(CC(=O)Nc2ccccc2C(=O)NC2CCCC2)C1=O. The molecule has 3 aliphatic rings. The molecule has 10 heteroatoms. The van der Waals surface area contributed by atoms with E-state index in [9.17, 15) is 19.2 Å². The number of carbonyl (C=O) groups is 4. The van der Waals surface area contributed by atoms with Crippen LogP contribution >= 0.6 is 0 Å². The monoisotopic (exact) mass is 492 g/mol. The zero-order valence-corrected chi connectivity index (χ0v) is 20.0. The average molecular weight is 493 g/mol. The third-order valence-electron chi connectivity index (χ3n) is 6.83. The van der Waals surface area contributed by atoms with Crippen molar-refractivity contribution in [3.8, 4) is 11.5 Å². The number of carbonyl (C=O) groups excluding carboxylic acids is 4. The molecule has 2 fully saturated rings. The molecule has 2 aromatic carbocycles. The van der Waals surface area contributed by atoms with Gasteiger partial charge < -0.3 is 25.4 Å². The van der Waals surface area contributed by atoms with Crippen LogP contribution in [0.25, 0.3) is 0 Å². The maximum absolute atomic E-state index is 13.3. The van der Waals surface area contributed by atoms with Crippen LogP contribution < -0.4 is 25.4 Å². The molecule has 5 rings (SSSR count). The normalized spacial score (nSPS) is 21.3. The number of rotatable bonds is 6. The molecule has 3 N–H and O–H groups in total. The number of benzene rings is 2. The lowest BCUT2D eigenvalue weighted by molar-refractivity contribution is -0.133. The molecule has 0 spiro atoms. The van der Waals surface area contributed by atoms with Crippen molar-refractivity contribution in [3.63, 3.8) is 0 Å². The summed E-state index contributed by atoms with van der Waals surface area (Å²) in [6.45, 7) is 1.91. The van der Waals surface area contributed by atoms with Crippen molar-refractivity contribution in [3.05, 3.63) is 53.6 Å². The predicted octanol–water partition coefficient (Wildman–Crippen LogP) is 2.54. The second-order valence-corrected chi connectivity index (χ2v) is 9.35. The van der Waals surface area contributed by atoms with Crippen molar-refractivity contribution in [1.82, 2.24) is 15.5 Å². The van der Waals surface area contributed by atoms with E-state index in [1.165, 1.54) is 0 Å². The zero-order valence-electron chi connectivity index (χ0n) is 20.0. The molecule has 36 heavy (non-hydrogen) atoms. The number of imide groups is 1. The smallest absolute Gasteiger partial charge is 0.325 e. The highest BCUT2D eigenvalue weighted by Gasteiger charge is 2.49. The lowest BCUT2D eigenvalue weighted by atomic mass is 9.91. The highest BCUT2D eigenvalue weighted by molar-refractivity contribution is 6.11. The zero-order chi connectivity index (χ0) is 25.3. The van der Waals surface area contributed by atoms with Gasteiger partial charge in [-0.3, -0.25) is 19.3 Å². The van der Waals surface area contributed by atoms with Crippen molar-refractivity contribution in [2.75, 3.05) is 25.1 Å². The van der Waals surface area contributed by atoms with E-state index in [1.807, 2.05) is 0 Å². The lowest BCUT2D eigenvalue weighted by Crippen LogP contribution is -2.42. The van der Waals surface area contributed by atoms with Gasteiger partial charge in [0, 0.05) is 6.04 Å². The van der Waals surface area contributed by atoms with Gasteiger partial charge >= 0.3 is 6.03 Å². The van der Waals surface area contributed by atoms with Gasteiger partial charge in [-0.05, 0) is 49.6 Å². The minimum absolute atomic E-state index is 0.130. The summed E-state index contributed by atoms with van der Waals surface area (Å²) in [6, 6.07) is 11.2. The van der Waals surface area contributed by atoms with Crippen molar-refractivity contribution in [2.24, 2.45) is 0 Å². The van der Waals surface area contributed by atoms with E-state index >= 15 is 0 Å². The molecule has 1 saturated carbocycles. The van der Waals surface area contributed by atoms with Gasteiger partial charge in [-0.1, -0.05) is 31.0 Å². The molecule has 0 aromatic heterocycles. The van der Waals surface area contributed by atoms with Gasteiger partial charge in [0.2, 0.25) is 5.91 Å². The molecule has 10 nitrogen and oxygen atoms in total. The molecular weight excluding hydrogens is 464 g/mol. The van der Waals surface area contributed by atoms with Crippen LogP contribution in [0.1, 0.15) is 48.5 Å². The van der Waals surface area contributed by atoms with Crippen LogP contribution in [0, 0.1) is 0 Å². The standard InChI is InChI=1S/C26H28N4O6/c1-26(16-10-11-20-21(14-16)36-13-12-35-20)24(33)30(25(34)29-26)15-22(31)28-19-9-5-4-8-18(19)23(32)27-17-6-2-3-7-17/h4-5,8-11,14,17H,2-3,6-7,12-13,15H2,1H3,(H,27,32)(H,28,31)(H,29,34). The van der Waals surface area contributed by atoms with Gasteiger partial charge in [-0.15, -0.1) is 0 Å². The number of para-hydroxylation sites is 1. The van der Waals surface area contributed by atoms with Crippen molar-refractivity contribution >= 4 is 29.4 Å². The molecule has 2 aromatic rings. The van der Waals surface area contributed by atoms with Crippen LogP contribution in [-0.2, 0) is 15.1 Å². The molecule has 2 aliphatic heterocycles. The van der Waals surface area contributed by atoms with Gasteiger partial charge in [0.15, 0.2) is 11.5 Å². The molecule has 1 unspecified atom stereocenters. The maximum atomic E-state index is 13.3. The minimum atomic E-state index is -1.37. The number of hydrogen-bond donors (Lipinski definition) is 3. The Bertz CT molecular complexity index is 1220. The first-order valence-corrected chi connectivity index (χ1v) is 12.1. The lowest BCUT2D eigenvalue weighted by Gasteiger charge is -2.25. The number of nitrogens with one attached hydrogen (secondary N) is 3. The Hall–Kier alpha value is -4.08. The Kier molecular flexibility index (Phi) is 6.26. The largest absolute Gasteiger partial charge is 0.486 e. The highest BCUT2D eigenvalue weighted by Crippen LogP contribution is 2.36. The Morgan fingerprint density at radius 3 is 2.56 bits per heavy atom. The van der Waals surface area contributed by atoms with Gasteiger partial charge in [-0.2, -0.15) is 0 Å². The first-order valence-electron chi connectivity index (χ1n) is 12.1. The van der Waals surface area contributed by atoms with Crippen LogP contribution in [0.2, 0.25) is 0 Å². The summed E-state index contributed by atoms with van der Waals surface area (Å²) in [5, 5.41) is 8.38. The van der Waals surface area contributed by atoms with Crippen molar-refractivity contribution in [1.29, 1.82) is 0 Å². The number of anilines is 1. The van der Waals surface area contributed by atoms with Crippen molar-refractivity contribution < 1.29 is 28.7 Å². The minimum Gasteiger partial charge on any atom is -0.486 e. The number of urea groups is 1. The first-order chi connectivity index (χ1) is 17.3. The van der Waals surface area contributed by atoms with Gasteiger partial charge in [0.05, 0.1) is 11.3 Å². The Balaban J connectivity index is 1.28. The third kappa shape index (κ3) is 4.46. The molecular formula is C26H28N4O6. The first kappa shape index (κ1) is 23.7. The Morgan fingerprint density at radius 2 is 1.78 bits per heavy atom. The Morgan fingerprint density at radius 1 is 1.06 bits per heavy atom. The van der Waals surface area contributed by atoms with E-state index in [0.717, 1.165) is 30.6 Å². The van der Waals surface area contributed by atoms with E-state index in [2.05, 4.69) is 16.0 Å². The fraction of sp³-hybridized carbons (Fsp3) is 0.385. The van der Waals surface area contributed by atoms with Crippen LogP contribution in [0.3, 0.4) is 0 Å². The van der Waals surface area contributed by atoms with Gasteiger partial charge in [-0.25, -0.2) is 4.79 Å². The van der Waals surface area contributed by atoms with Crippen LogP contribution in [-0.4, -0.2) is 54.5 Å². The predicted molar refractivity (Wildman–Crippen MR) is 130 cm³/mol. The molecule has 2 heterocycles. The summed E-state index contributed by atoms with van der Waals surface area (Å²) in [4.78, 5) is 52.5. The van der Waals surface area contributed by atoms with E-state index in [-0.39, 0.29) is 11.9 Å². The van der Waals surface area contributed by atoms with Crippen LogP contribution in [0.15, 0.2) is 42.5 Å². The number of fused-ring (bicyclic) bond motifs is 1.